The summed E-state index contributed by atoms with van der Waals surface area (Å²) in [5.41, 5.74) is 1.42. The van der Waals surface area contributed by atoms with Gasteiger partial charge in [0.1, 0.15) is 0 Å². The summed E-state index contributed by atoms with van der Waals surface area (Å²) < 4.78 is 5.36. The molecule has 0 saturated carbocycles. The van der Waals surface area contributed by atoms with Crippen molar-refractivity contribution in [3.63, 3.8) is 0 Å². The highest BCUT2D eigenvalue weighted by atomic mass is 35.5. The number of hydrogen-bond acceptors (Lipinski definition) is 5. The lowest BCUT2D eigenvalue weighted by molar-refractivity contribution is -0.115. The van der Waals surface area contributed by atoms with E-state index in [9.17, 15) is 9.90 Å². The number of amides is 1. The number of carbonyl (C=O) groups is 1. The maximum Gasteiger partial charge on any atom is 0.264 e. The Morgan fingerprint density at radius 3 is 2.92 bits per heavy atom. The van der Waals surface area contributed by atoms with Crippen molar-refractivity contribution in [3.8, 4) is 11.5 Å². The van der Waals surface area contributed by atoms with Crippen molar-refractivity contribution in [1.82, 2.24) is 5.32 Å². The number of rotatable bonds is 4. The molecule has 0 spiro atoms. The molecule has 0 aromatic heterocycles. The van der Waals surface area contributed by atoms with E-state index in [-0.39, 0.29) is 11.7 Å². The molecule has 0 bridgehead atoms. The van der Waals surface area contributed by atoms with Crippen molar-refractivity contribution in [3.05, 3.63) is 58.0 Å². The maximum absolute atomic E-state index is 12.1. The van der Waals surface area contributed by atoms with Crippen LogP contribution < -0.4 is 10.1 Å². The lowest BCUT2D eigenvalue weighted by atomic mass is 10.2. The summed E-state index contributed by atoms with van der Waals surface area (Å²) >= 11 is 7.18. The minimum absolute atomic E-state index is 0.0655. The van der Waals surface area contributed by atoms with Gasteiger partial charge in [-0.2, -0.15) is 0 Å². The summed E-state index contributed by atoms with van der Waals surface area (Å²) in [5, 5.41) is 13.5. The fourth-order valence-corrected chi connectivity index (χ4v) is 3.21. The standard InChI is InChI=1S/C18H15ClN2O3S/c1-2-24-15-8-11(6-7-14(15)22)9-16-17(23)21-18(25-16)20-13-5-3-4-12(19)10-13/h3-10,22H,2H2,1H3,(H,20,21,23)/b16-9+. The molecule has 2 aromatic carbocycles. The van der Waals surface area contributed by atoms with Gasteiger partial charge in [0, 0.05) is 5.02 Å². The number of halogens is 1. The molecule has 0 aliphatic carbocycles. The van der Waals surface area contributed by atoms with Gasteiger partial charge >= 0.3 is 0 Å². The smallest absolute Gasteiger partial charge is 0.264 e. The molecule has 1 saturated heterocycles. The summed E-state index contributed by atoms with van der Waals surface area (Å²) in [4.78, 5) is 17.0. The Kier molecular flexibility index (Phi) is 5.31. The average Bonchev–Trinajstić information content (AvgIpc) is 2.90. The lowest BCUT2D eigenvalue weighted by Crippen LogP contribution is -2.19. The number of phenolic OH excluding ortho intramolecular Hbond substituents is 1. The maximum atomic E-state index is 12.1. The predicted molar refractivity (Wildman–Crippen MR) is 102 cm³/mol. The molecule has 0 radical (unpaired) electrons. The van der Waals surface area contributed by atoms with Crippen molar-refractivity contribution < 1.29 is 14.6 Å². The van der Waals surface area contributed by atoms with E-state index >= 15 is 0 Å². The first-order chi connectivity index (χ1) is 12.0. The number of hydrogen-bond donors (Lipinski definition) is 2. The summed E-state index contributed by atoms with van der Waals surface area (Å²) in [7, 11) is 0. The normalized spacial score (nSPS) is 17.1. The highest BCUT2D eigenvalue weighted by molar-refractivity contribution is 8.18. The number of nitrogens with one attached hydrogen (secondary N) is 1. The highest BCUT2D eigenvalue weighted by Gasteiger charge is 2.24. The molecule has 0 atom stereocenters. The van der Waals surface area contributed by atoms with Gasteiger partial charge in [-0.15, -0.1) is 0 Å². The van der Waals surface area contributed by atoms with Crippen LogP contribution in [0.4, 0.5) is 5.69 Å². The van der Waals surface area contributed by atoms with E-state index in [2.05, 4.69) is 10.3 Å². The van der Waals surface area contributed by atoms with E-state index in [1.807, 2.05) is 13.0 Å². The molecule has 2 aromatic rings. The van der Waals surface area contributed by atoms with Crippen molar-refractivity contribution in [2.75, 3.05) is 6.61 Å². The zero-order valence-corrected chi connectivity index (χ0v) is 14.9. The van der Waals surface area contributed by atoms with Crippen LogP contribution in [0, 0.1) is 0 Å². The molecule has 2 N–H and O–H groups in total. The molecule has 1 fully saturated rings. The highest BCUT2D eigenvalue weighted by Crippen LogP contribution is 2.31. The third-order valence-corrected chi connectivity index (χ3v) is 4.42. The van der Waals surface area contributed by atoms with Gasteiger partial charge in [-0.1, -0.05) is 23.7 Å². The number of phenols is 1. The van der Waals surface area contributed by atoms with E-state index in [4.69, 9.17) is 16.3 Å². The van der Waals surface area contributed by atoms with Crippen molar-refractivity contribution in [2.45, 2.75) is 6.92 Å². The van der Waals surface area contributed by atoms with Gasteiger partial charge in [-0.05, 0) is 60.7 Å². The Balaban J connectivity index is 1.83. The zero-order chi connectivity index (χ0) is 17.8. The minimum atomic E-state index is -0.225. The van der Waals surface area contributed by atoms with Crippen LogP contribution in [0.2, 0.25) is 5.02 Å². The monoisotopic (exact) mass is 374 g/mol. The fourth-order valence-electron chi connectivity index (χ4n) is 2.19. The van der Waals surface area contributed by atoms with E-state index in [1.54, 1.807) is 36.4 Å². The summed E-state index contributed by atoms with van der Waals surface area (Å²) in [6.07, 6.45) is 1.72. The van der Waals surface area contributed by atoms with Gasteiger partial charge in [0.2, 0.25) is 0 Å². The molecule has 1 aliphatic heterocycles. The van der Waals surface area contributed by atoms with Crippen LogP contribution >= 0.6 is 23.4 Å². The van der Waals surface area contributed by atoms with Crippen LogP contribution in [0.25, 0.3) is 6.08 Å². The van der Waals surface area contributed by atoms with Crippen LogP contribution in [0.3, 0.4) is 0 Å². The largest absolute Gasteiger partial charge is 0.504 e. The summed E-state index contributed by atoms with van der Waals surface area (Å²) in [6.45, 7) is 2.28. The molecule has 5 nitrogen and oxygen atoms in total. The van der Waals surface area contributed by atoms with Crippen molar-refractivity contribution in [2.24, 2.45) is 4.99 Å². The zero-order valence-electron chi connectivity index (χ0n) is 13.3. The molecule has 7 heteroatoms. The molecule has 128 valence electrons. The number of amidine groups is 1. The summed E-state index contributed by atoms with van der Waals surface area (Å²) in [6, 6.07) is 12.0. The van der Waals surface area contributed by atoms with Crippen LogP contribution in [-0.4, -0.2) is 22.8 Å². The number of benzene rings is 2. The number of aromatic hydroxyl groups is 1. The van der Waals surface area contributed by atoms with E-state index in [0.29, 0.717) is 33.1 Å². The Morgan fingerprint density at radius 2 is 2.16 bits per heavy atom. The SMILES string of the molecule is CCOc1cc(/C=C2/SC(=Nc3cccc(Cl)c3)NC2=O)ccc1O. The van der Waals surface area contributed by atoms with E-state index < -0.39 is 0 Å². The fraction of sp³-hybridized carbons (Fsp3) is 0.111. The first-order valence-corrected chi connectivity index (χ1v) is 8.75. The van der Waals surface area contributed by atoms with Crippen LogP contribution in [0.1, 0.15) is 12.5 Å². The number of aliphatic imine (C=N–C) groups is 1. The van der Waals surface area contributed by atoms with Gasteiger partial charge in [0.05, 0.1) is 17.2 Å². The van der Waals surface area contributed by atoms with E-state index in [0.717, 1.165) is 5.56 Å². The second-order valence-electron chi connectivity index (χ2n) is 5.12. The third kappa shape index (κ3) is 4.35. The van der Waals surface area contributed by atoms with E-state index in [1.165, 1.54) is 17.8 Å². The minimum Gasteiger partial charge on any atom is -0.504 e. The Labute approximate surface area is 154 Å². The second kappa shape index (κ2) is 7.63. The molecule has 0 unspecified atom stereocenters. The van der Waals surface area contributed by atoms with Gasteiger partial charge in [0.25, 0.3) is 5.91 Å². The summed E-state index contributed by atoms with van der Waals surface area (Å²) in [5.74, 6) is 0.223. The van der Waals surface area contributed by atoms with Crippen molar-refractivity contribution in [1.29, 1.82) is 0 Å². The van der Waals surface area contributed by atoms with Crippen LogP contribution in [0.15, 0.2) is 52.4 Å². The third-order valence-electron chi connectivity index (χ3n) is 3.27. The lowest BCUT2D eigenvalue weighted by Gasteiger charge is -2.06. The van der Waals surface area contributed by atoms with Crippen LogP contribution in [-0.2, 0) is 4.79 Å². The molecule has 1 aliphatic rings. The van der Waals surface area contributed by atoms with Crippen LogP contribution in [0.5, 0.6) is 11.5 Å². The Morgan fingerprint density at radius 1 is 1.32 bits per heavy atom. The van der Waals surface area contributed by atoms with Crippen molar-refractivity contribution >= 4 is 46.2 Å². The Bertz CT molecular complexity index is 880. The van der Waals surface area contributed by atoms with Gasteiger partial charge in [-0.25, -0.2) is 4.99 Å². The number of ether oxygens (including phenoxy) is 1. The number of thioether (sulfide) groups is 1. The average molecular weight is 375 g/mol. The first-order valence-electron chi connectivity index (χ1n) is 7.56. The van der Waals surface area contributed by atoms with Gasteiger partial charge in [-0.3, -0.25) is 4.79 Å². The molecule has 3 rings (SSSR count). The predicted octanol–water partition coefficient (Wildman–Crippen LogP) is 4.34. The molecule has 1 heterocycles. The topological polar surface area (TPSA) is 70.9 Å². The molecular formula is C18H15ClN2O3S. The van der Waals surface area contributed by atoms with Gasteiger partial charge < -0.3 is 15.2 Å². The molecular weight excluding hydrogens is 360 g/mol. The molecule has 1 amide bonds. The Hall–Kier alpha value is -2.44. The first kappa shape index (κ1) is 17.4. The van der Waals surface area contributed by atoms with Gasteiger partial charge in [0.15, 0.2) is 16.7 Å². The number of nitrogens with zero attached hydrogens (tertiary/aromatic N) is 1. The second-order valence-corrected chi connectivity index (χ2v) is 6.59. The quantitative estimate of drug-likeness (QED) is 0.781. The number of carbonyl (C=O) groups excluding carboxylic acids is 1. The molecule has 25 heavy (non-hydrogen) atoms.